The number of pyridine rings is 2. The maximum absolute atomic E-state index is 13.0. The molecule has 2 aromatic heterocycles. The van der Waals surface area contributed by atoms with Gasteiger partial charge in [-0.05, 0) is 121 Å². The number of carbonyl (C=O) groups excluding carboxylic acids is 2. The Morgan fingerprint density at radius 1 is 0.569 bits per heavy atom. The normalized spacial score (nSPS) is 10.4. The molecule has 8 rings (SSSR count). The number of nitriles is 2. The third kappa shape index (κ3) is 11.7. The molecule has 0 bridgehead atoms. The number of benzene rings is 6. The van der Waals surface area contributed by atoms with Gasteiger partial charge in [-0.15, -0.1) is 11.6 Å². The largest absolute Gasteiger partial charge is 0.506 e. The van der Waals surface area contributed by atoms with E-state index in [1.165, 1.54) is 60.7 Å². The maximum atomic E-state index is 13.0. The molecule has 6 aromatic carbocycles. The zero-order valence-electron chi connectivity index (χ0n) is 33.7. The lowest BCUT2D eigenvalue weighted by atomic mass is 10.1. The quantitative estimate of drug-likeness (QED) is 0.0777. The van der Waals surface area contributed by atoms with Crippen LogP contribution in [0.1, 0.15) is 11.1 Å². The molecule has 14 nitrogen and oxygen atoms in total. The van der Waals surface area contributed by atoms with Crippen LogP contribution < -0.4 is 35.5 Å². The van der Waals surface area contributed by atoms with Crippen LogP contribution >= 0.6 is 11.6 Å². The summed E-state index contributed by atoms with van der Waals surface area (Å²) in [6, 6.07) is 37.1. The van der Waals surface area contributed by atoms with E-state index in [1.54, 1.807) is 85.2 Å². The van der Waals surface area contributed by atoms with Crippen molar-refractivity contribution < 1.29 is 37.7 Å². The molecule has 0 saturated heterocycles. The van der Waals surface area contributed by atoms with Crippen LogP contribution in [0, 0.1) is 34.3 Å². The van der Waals surface area contributed by atoms with E-state index in [-0.39, 0.29) is 29.6 Å². The number of nitrogens with zero attached hydrogens (tertiary/aromatic N) is 4. The highest BCUT2D eigenvalue weighted by Gasteiger charge is 2.13. The fourth-order valence-electron chi connectivity index (χ4n) is 6.05. The molecule has 2 heterocycles. The van der Waals surface area contributed by atoms with Crippen LogP contribution in [0.4, 0.5) is 41.1 Å². The predicted molar refractivity (Wildman–Crippen MR) is 242 cm³/mol. The minimum atomic E-state index is -0.468. The van der Waals surface area contributed by atoms with Crippen LogP contribution in [0.2, 0.25) is 0 Å². The summed E-state index contributed by atoms with van der Waals surface area (Å²) in [7, 11) is 0. The maximum Gasteiger partial charge on any atom is 0.323 e. The number of phenols is 1. The highest BCUT2D eigenvalue weighted by Crippen LogP contribution is 2.35. The van der Waals surface area contributed by atoms with Gasteiger partial charge in [0.15, 0.2) is 0 Å². The molecule has 0 fully saturated rings. The number of urea groups is 2. The average molecular weight is 891 g/mol. The number of alkyl halides is 1. The first-order valence-electron chi connectivity index (χ1n) is 19.3. The van der Waals surface area contributed by atoms with Gasteiger partial charge in [-0.3, -0.25) is 9.97 Å². The van der Waals surface area contributed by atoms with Crippen LogP contribution in [0.25, 0.3) is 21.8 Å². The summed E-state index contributed by atoms with van der Waals surface area (Å²) < 4.78 is 43.4. The topological polar surface area (TPSA) is 204 Å². The minimum Gasteiger partial charge on any atom is -0.506 e. The number of anilines is 4. The summed E-state index contributed by atoms with van der Waals surface area (Å²) in [5, 5.41) is 40.3. The molecule has 0 spiro atoms. The Labute approximate surface area is 374 Å². The van der Waals surface area contributed by atoms with Crippen molar-refractivity contribution in [2.24, 2.45) is 0 Å². The number of rotatable bonds is 11. The lowest BCUT2D eigenvalue weighted by Gasteiger charge is -2.12. The van der Waals surface area contributed by atoms with Crippen molar-refractivity contribution in [3.8, 4) is 46.6 Å². The van der Waals surface area contributed by atoms with Gasteiger partial charge < -0.3 is 40.6 Å². The number of amides is 4. The van der Waals surface area contributed by atoms with E-state index in [1.807, 2.05) is 6.07 Å². The van der Waals surface area contributed by atoms with E-state index >= 15 is 0 Å². The summed E-state index contributed by atoms with van der Waals surface area (Å²) in [4.78, 5) is 32.7. The smallest absolute Gasteiger partial charge is 0.323 e. The number of halogens is 3. The summed E-state index contributed by atoms with van der Waals surface area (Å²) in [6.45, 7) is 0.278. The molecular formula is C48H33ClF2N8O6. The van der Waals surface area contributed by atoms with Crippen molar-refractivity contribution in [3.05, 3.63) is 169 Å². The predicted octanol–water partition coefficient (Wildman–Crippen LogP) is 11.7. The van der Waals surface area contributed by atoms with Crippen LogP contribution in [0.3, 0.4) is 0 Å². The molecule has 5 N–H and O–H groups in total. The fraction of sp³-hybridized carbons (Fsp3) is 0.0417. The summed E-state index contributed by atoms with van der Waals surface area (Å²) in [6.07, 6.45) is 3.14. The van der Waals surface area contributed by atoms with Crippen molar-refractivity contribution in [2.45, 2.75) is 0 Å². The number of nitrogens with one attached hydrogen (secondary N) is 4. The van der Waals surface area contributed by atoms with Gasteiger partial charge in [-0.2, -0.15) is 10.5 Å². The van der Waals surface area contributed by atoms with Gasteiger partial charge in [0.25, 0.3) is 0 Å². The SMILES string of the molecule is N#Cc1cc2c(Oc3ccc(NC(=O)Nc4ccc(F)cc4)cc3)ccnc2cc1O.N#Cc1cc2c(Oc3ccc(NC(=O)Nc4ccc(F)cc4)cc3)ccnc2cc1OCCCl. The number of carbonyl (C=O) groups is 2. The molecule has 0 unspecified atom stereocenters. The van der Waals surface area contributed by atoms with E-state index in [4.69, 9.17) is 31.1 Å². The summed E-state index contributed by atoms with van der Waals surface area (Å²) in [5.74, 6) is 1.82. The Bertz CT molecular complexity index is 3080. The van der Waals surface area contributed by atoms with Gasteiger partial charge in [0.2, 0.25) is 0 Å². The van der Waals surface area contributed by atoms with E-state index in [0.717, 1.165) is 0 Å². The van der Waals surface area contributed by atoms with Gasteiger partial charge in [-0.25, -0.2) is 18.4 Å². The van der Waals surface area contributed by atoms with Gasteiger partial charge in [-0.1, -0.05) is 0 Å². The Kier molecular flexibility index (Phi) is 14.0. The van der Waals surface area contributed by atoms with Crippen molar-refractivity contribution in [1.29, 1.82) is 10.5 Å². The van der Waals surface area contributed by atoms with Gasteiger partial charge in [0, 0.05) is 58.0 Å². The number of aromatic nitrogens is 2. The van der Waals surface area contributed by atoms with E-state index in [2.05, 4.69) is 37.3 Å². The highest BCUT2D eigenvalue weighted by atomic mass is 35.5. The first-order chi connectivity index (χ1) is 31.6. The zero-order valence-corrected chi connectivity index (χ0v) is 34.4. The molecule has 0 aliphatic carbocycles. The van der Waals surface area contributed by atoms with Crippen LogP contribution in [0.5, 0.6) is 34.5 Å². The van der Waals surface area contributed by atoms with Crippen LogP contribution in [0.15, 0.2) is 146 Å². The third-order valence-electron chi connectivity index (χ3n) is 9.08. The molecule has 17 heteroatoms. The van der Waals surface area contributed by atoms with Crippen molar-refractivity contribution in [3.63, 3.8) is 0 Å². The number of aromatic hydroxyl groups is 1. The molecule has 0 aliphatic rings. The summed E-state index contributed by atoms with van der Waals surface area (Å²) >= 11 is 5.68. The number of hydrogen-bond acceptors (Lipinski definition) is 10. The lowest BCUT2D eigenvalue weighted by molar-refractivity contribution is 0.261. The van der Waals surface area contributed by atoms with Crippen molar-refractivity contribution >= 4 is 68.2 Å². The molecule has 0 saturated carbocycles. The molecule has 322 valence electrons. The van der Waals surface area contributed by atoms with E-state index < -0.39 is 12.1 Å². The van der Waals surface area contributed by atoms with E-state index in [0.29, 0.717) is 84.7 Å². The highest BCUT2D eigenvalue weighted by molar-refractivity contribution is 6.18. The Morgan fingerprint density at radius 3 is 1.38 bits per heavy atom. The Morgan fingerprint density at radius 2 is 0.969 bits per heavy atom. The molecule has 0 atom stereocenters. The Balaban J connectivity index is 0.000000195. The average Bonchev–Trinajstić information content (AvgIpc) is 3.31. The molecular weight excluding hydrogens is 858 g/mol. The first-order valence-corrected chi connectivity index (χ1v) is 19.9. The third-order valence-corrected chi connectivity index (χ3v) is 9.24. The number of hydrogen-bond donors (Lipinski definition) is 5. The minimum absolute atomic E-state index is 0.122. The van der Waals surface area contributed by atoms with Crippen LogP contribution in [-0.4, -0.2) is 39.6 Å². The zero-order chi connectivity index (χ0) is 45.7. The van der Waals surface area contributed by atoms with Crippen molar-refractivity contribution in [2.75, 3.05) is 33.8 Å². The lowest BCUT2D eigenvalue weighted by Crippen LogP contribution is -2.19. The molecule has 65 heavy (non-hydrogen) atoms. The van der Waals surface area contributed by atoms with Gasteiger partial charge in [0.05, 0.1) is 28.0 Å². The van der Waals surface area contributed by atoms with Gasteiger partial charge >= 0.3 is 12.1 Å². The standard InChI is InChI=1S/C25H18ClFN4O3.C23H15FN4O3/c26-10-12-33-24-14-22-21(13-16(24)15-28)23(9-11-29-22)34-20-7-5-19(6-8-20)31-25(32)30-18-3-1-17(27)2-4-18;24-15-1-3-16(4-2-15)27-23(30)28-17-5-7-18(8-6-17)31-22-9-10-26-20-12-21(29)14(13-25)11-19(20)22/h1-9,11,13-14H,10,12H2,(H2,30,31,32);1-12,29H,(H2,27,28,30). The van der Waals surface area contributed by atoms with E-state index in [9.17, 15) is 28.7 Å². The molecule has 0 aliphatic heterocycles. The number of fused-ring (bicyclic) bond motifs is 2. The second kappa shape index (κ2) is 20.7. The molecule has 0 radical (unpaired) electrons. The molecule has 8 aromatic rings. The molecule has 4 amide bonds. The second-order valence-electron chi connectivity index (χ2n) is 13.6. The fourth-order valence-corrected chi connectivity index (χ4v) is 6.12. The first kappa shape index (κ1) is 44.1. The van der Waals surface area contributed by atoms with Crippen LogP contribution in [-0.2, 0) is 0 Å². The van der Waals surface area contributed by atoms with Crippen molar-refractivity contribution in [1.82, 2.24) is 9.97 Å². The second-order valence-corrected chi connectivity index (χ2v) is 13.9. The summed E-state index contributed by atoms with van der Waals surface area (Å²) in [5.41, 5.74) is 3.58. The number of ether oxygens (including phenoxy) is 3. The number of phenolic OH excluding ortho intramolecular Hbond substituents is 1. The Hall–Kier alpha value is -8.99. The monoisotopic (exact) mass is 890 g/mol. The van der Waals surface area contributed by atoms with Gasteiger partial charge in [0.1, 0.15) is 64.9 Å².